The Hall–Kier alpha value is -2.29. The average molecular weight is 317 g/mol. The molecular formula is C12H7F4N3OS. The molecule has 0 fully saturated rings. The number of amides is 1. The topological polar surface area (TPSA) is 54.9 Å². The molecule has 1 aromatic heterocycles. The van der Waals surface area contributed by atoms with Crippen LogP contribution in [0.4, 0.5) is 22.7 Å². The number of hydrogen-bond donors (Lipinski definition) is 1. The predicted octanol–water partition coefficient (Wildman–Crippen LogP) is 3.35. The molecule has 21 heavy (non-hydrogen) atoms. The van der Waals surface area contributed by atoms with Gasteiger partial charge in [-0.3, -0.25) is 10.1 Å². The van der Waals surface area contributed by atoms with Crippen LogP contribution < -0.4 is 5.32 Å². The average Bonchev–Trinajstić information content (AvgIpc) is 2.86. The Morgan fingerprint density at radius 1 is 1.24 bits per heavy atom. The summed E-state index contributed by atoms with van der Waals surface area (Å²) < 4.78 is 50.1. The summed E-state index contributed by atoms with van der Waals surface area (Å²) in [6, 6.07) is 5.75. The van der Waals surface area contributed by atoms with Crippen LogP contribution in [-0.2, 0) is 11.0 Å². The Balaban J connectivity index is 2.02. The van der Waals surface area contributed by atoms with E-state index in [-0.39, 0.29) is 22.0 Å². The summed E-state index contributed by atoms with van der Waals surface area (Å²) in [5.74, 6) is -1.25. The fourth-order valence-corrected chi connectivity index (χ4v) is 1.92. The molecule has 0 aliphatic heterocycles. The van der Waals surface area contributed by atoms with E-state index in [1.54, 1.807) is 6.07 Å². The van der Waals surface area contributed by atoms with Crippen molar-refractivity contribution in [2.75, 3.05) is 5.32 Å². The molecule has 0 radical (unpaired) electrons. The van der Waals surface area contributed by atoms with Gasteiger partial charge in [-0.2, -0.15) is 13.2 Å². The van der Waals surface area contributed by atoms with Gasteiger partial charge in [0.05, 0.1) is 0 Å². The van der Waals surface area contributed by atoms with Gasteiger partial charge < -0.3 is 0 Å². The lowest BCUT2D eigenvalue weighted by molar-refractivity contribution is -0.138. The lowest BCUT2D eigenvalue weighted by atomic mass is 10.2. The molecule has 4 nitrogen and oxygen atoms in total. The van der Waals surface area contributed by atoms with Crippen molar-refractivity contribution in [3.8, 4) is 0 Å². The van der Waals surface area contributed by atoms with Gasteiger partial charge in [0.25, 0.3) is 0 Å². The maximum absolute atomic E-state index is 13.3. The first-order valence-corrected chi connectivity index (χ1v) is 6.32. The summed E-state index contributed by atoms with van der Waals surface area (Å²) in [6.07, 6.45) is -2.41. The van der Waals surface area contributed by atoms with Crippen LogP contribution in [0.2, 0.25) is 0 Å². The molecule has 110 valence electrons. The number of aromatic nitrogens is 2. The first-order chi connectivity index (χ1) is 9.86. The Bertz CT molecular complexity index is 681. The lowest BCUT2D eigenvalue weighted by Crippen LogP contribution is -2.07. The molecule has 0 spiro atoms. The van der Waals surface area contributed by atoms with Crippen LogP contribution in [0.15, 0.2) is 30.3 Å². The Labute approximate surface area is 120 Å². The minimum absolute atomic E-state index is 0.181. The number of nitrogens with one attached hydrogen (secondary N) is 1. The quantitative estimate of drug-likeness (QED) is 0.698. The molecule has 0 saturated carbocycles. The van der Waals surface area contributed by atoms with Crippen LogP contribution >= 0.6 is 11.3 Å². The van der Waals surface area contributed by atoms with Crippen LogP contribution in [0.1, 0.15) is 10.6 Å². The highest BCUT2D eigenvalue weighted by atomic mass is 32.1. The molecule has 1 heterocycles. The molecule has 0 unspecified atom stereocenters. The summed E-state index contributed by atoms with van der Waals surface area (Å²) in [5, 5.41) is 6.80. The Morgan fingerprint density at radius 2 is 1.95 bits per heavy atom. The molecule has 1 aromatic carbocycles. The molecule has 2 rings (SSSR count). The number of halogens is 4. The second-order valence-corrected chi connectivity index (χ2v) is 4.73. The van der Waals surface area contributed by atoms with Crippen molar-refractivity contribution in [3.05, 3.63) is 46.7 Å². The molecule has 0 aliphatic carbocycles. The van der Waals surface area contributed by atoms with Crippen LogP contribution in [0, 0.1) is 5.82 Å². The van der Waals surface area contributed by atoms with Crippen molar-refractivity contribution >= 4 is 28.5 Å². The minimum Gasteiger partial charge on any atom is -0.297 e. The van der Waals surface area contributed by atoms with E-state index < -0.39 is 22.9 Å². The molecule has 2 aromatic rings. The van der Waals surface area contributed by atoms with E-state index in [4.69, 9.17) is 0 Å². The SMILES string of the molecule is O=C(C=Cc1ccccc1F)Nc1nnc(C(F)(F)F)s1. The van der Waals surface area contributed by atoms with Crippen molar-refractivity contribution < 1.29 is 22.4 Å². The van der Waals surface area contributed by atoms with Crippen molar-refractivity contribution in [1.82, 2.24) is 10.2 Å². The van der Waals surface area contributed by atoms with E-state index >= 15 is 0 Å². The van der Waals surface area contributed by atoms with Gasteiger partial charge >= 0.3 is 6.18 Å². The summed E-state index contributed by atoms with van der Waals surface area (Å²) >= 11 is 0.206. The molecule has 0 atom stereocenters. The molecule has 0 bridgehead atoms. The molecule has 0 aliphatic rings. The summed E-state index contributed by atoms with van der Waals surface area (Å²) in [6.45, 7) is 0. The normalized spacial score (nSPS) is 11.8. The van der Waals surface area contributed by atoms with Gasteiger partial charge in [-0.1, -0.05) is 29.5 Å². The van der Waals surface area contributed by atoms with Crippen molar-refractivity contribution in [2.24, 2.45) is 0 Å². The van der Waals surface area contributed by atoms with Crippen LogP contribution in [0.5, 0.6) is 0 Å². The molecule has 9 heteroatoms. The fraction of sp³-hybridized carbons (Fsp3) is 0.0833. The van der Waals surface area contributed by atoms with E-state index in [9.17, 15) is 22.4 Å². The zero-order valence-corrected chi connectivity index (χ0v) is 11.0. The first-order valence-electron chi connectivity index (χ1n) is 5.50. The Kier molecular flexibility index (Phi) is 4.32. The smallest absolute Gasteiger partial charge is 0.297 e. The maximum atomic E-state index is 13.3. The zero-order valence-electron chi connectivity index (χ0n) is 10.2. The van der Waals surface area contributed by atoms with Crippen molar-refractivity contribution in [3.63, 3.8) is 0 Å². The number of carbonyl (C=O) groups excluding carboxylic acids is 1. The standard InChI is InChI=1S/C12H7F4N3OS/c13-8-4-2-1-3-7(8)5-6-9(20)17-11-19-18-10(21-11)12(14,15)16/h1-6H,(H,17,19,20). The van der Waals surface area contributed by atoms with Gasteiger partial charge in [-0.15, -0.1) is 10.2 Å². The lowest BCUT2D eigenvalue weighted by Gasteiger charge is -1.98. The largest absolute Gasteiger partial charge is 0.445 e. The van der Waals surface area contributed by atoms with E-state index in [0.717, 1.165) is 6.08 Å². The third kappa shape index (κ3) is 4.09. The van der Waals surface area contributed by atoms with Gasteiger partial charge in [-0.05, 0) is 12.1 Å². The third-order valence-electron chi connectivity index (χ3n) is 2.22. The predicted molar refractivity (Wildman–Crippen MR) is 69.0 cm³/mol. The number of carbonyl (C=O) groups is 1. The van der Waals surface area contributed by atoms with Gasteiger partial charge in [0.2, 0.25) is 16.0 Å². The summed E-state index contributed by atoms with van der Waals surface area (Å²) in [7, 11) is 0. The molecule has 1 amide bonds. The highest BCUT2D eigenvalue weighted by molar-refractivity contribution is 7.15. The second-order valence-electron chi connectivity index (χ2n) is 3.75. The highest BCUT2D eigenvalue weighted by Gasteiger charge is 2.35. The summed E-state index contributed by atoms with van der Waals surface area (Å²) in [5.41, 5.74) is 0.181. The zero-order chi connectivity index (χ0) is 15.5. The van der Waals surface area contributed by atoms with E-state index in [1.165, 1.54) is 24.3 Å². The maximum Gasteiger partial charge on any atom is 0.445 e. The molecule has 1 N–H and O–H groups in total. The fourth-order valence-electron chi connectivity index (χ4n) is 1.31. The second kappa shape index (κ2) is 6.00. The number of rotatable bonds is 3. The number of hydrogen-bond acceptors (Lipinski definition) is 4. The minimum atomic E-state index is -4.61. The van der Waals surface area contributed by atoms with E-state index in [1.807, 2.05) is 0 Å². The van der Waals surface area contributed by atoms with Crippen LogP contribution in [0.25, 0.3) is 6.08 Å². The number of benzene rings is 1. The van der Waals surface area contributed by atoms with Crippen LogP contribution in [0.3, 0.4) is 0 Å². The van der Waals surface area contributed by atoms with Gasteiger partial charge in [0, 0.05) is 11.6 Å². The molecular weight excluding hydrogens is 310 g/mol. The third-order valence-corrected chi connectivity index (χ3v) is 3.10. The van der Waals surface area contributed by atoms with E-state index in [2.05, 4.69) is 15.5 Å². The molecule has 0 saturated heterocycles. The number of anilines is 1. The van der Waals surface area contributed by atoms with Gasteiger partial charge in [0.1, 0.15) is 5.82 Å². The van der Waals surface area contributed by atoms with Crippen molar-refractivity contribution in [2.45, 2.75) is 6.18 Å². The van der Waals surface area contributed by atoms with E-state index in [0.29, 0.717) is 0 Å². The number of alkyl halides is 3. The number of nitrogens with zero attached hydrogens (tertiary/aromatic N) is 2. The highest BCUT2D eigenvalue weighted by Crippen LogP contribution is 2.32. The monoisotopic (exact) mass is 317 g/mol. The van der Waals surface area contributed by atoms with Gasteiger partial charge in [0.15, 0.2) is 0 Å². The van der Waals surface area contributed by atoms with Crippen molar-refractivity contribution in [1.29, 1.82) is 0 Å². The van der Waals surface area contributed by atoms with Crippen LogP contribution in [-0.4, -0.2) is 16.1 Å². The van der Waals surface area contributed by atoms with Gasteiger partial charge in [-0.25, -0.2) is 4.39 Å². The summed E-state index contributed by atoms with van der Waals surface area (Å²) in [4.78, 5) is 11.5. The first kappa shape index (κ1) is 15.1. The Morgan fingerprint density at radius 3 is 2.57 bits per heavy atom.